The molecule has 3 rings (SSSR count). The van der Waals surface area contributed by atoms with Gasteiger partial charge in [-0.25, -0.2) is 18.4 Å². The molecule has 0 amide bonds. The fraction of sp³-hybridized carbons (Fsp3) is 0.0588. The summed E-state index contributed by atoms with van der Waals surface area (Å²) in [6.45, 7) is 4.02. The fourth-order valence-electron chi connectivity index (χ4n) is 2.23. The number of sulfonamides is 1. The first kappa shape index (κ1) is 18.4. The van der Waals surface area contributed by atoms with Crippen molar-refractivity contribution in [1.82, 2.24) is 9.97 Å². The lowest BCUT2D eigenvalue weighted by Crippen LogP contribution is -2.17. The van der Waals surface area contributed by atoms with E-state index < -0.39 is 10.0 Å². The van der Waals surface area contributed by atoms with E-state index in [0.29, 0.717) is 17.6 Å². The lowest BCUT2D eigenvalue weighted by atomic mass is 10.3. The highest BCUT2D eigenvalue weighted by molar-refractivity contribution is 7.92. The summed E-state index contributed by atoms with van der Waals surface area (Å²) in [5.41, 5.74) is 1.18. The number of para-hydroxylation sites is 2. The molecule has 0 bridgehead atoms. The third-order valence-electron chi connectivity index (χ3n) is 3.40. The molecule has 0 atom stereocenters. The van der Waals surface area contributed by atoms with Crippen LogP contribution in [0.2, 0.25) is 10.0 Å². The molecular weight excluding hydrogens is 395 g/mol. The summed E-state index contributed by atoms with van der Waals surface area (Å²) in [5.74, 6) is 0.340. The maximum atomic E-state index is 12.8. The summed E-state index contributed by atoms with van der Waals surface area (Å²) in [5, 5.41) is 3.28. The molecule has 0 aliphatic heterocycles. The Labute approximate surface area is 160 Å². The molecule has 0 saturated heterocycles. The molecule has 0 saturated carbocycles. The Bertz CT molecular complexity index is 1090. The van der Waals surface area contributed by atoms with Crippen LogP contribution in [-0.4, -0.2) is 24.9 Å². The van der Waals surface area contributed by atoms with Crippen LogP contribution in [0.5, 0.6) is 0 Å². The number of rotatable bonds is 6. The lowest BCUT2D eigenvalue weighted by molar-refractivity contribution is 0.601. The number of hydrogen-bond donors (Lipinski definition) is 2. The predicted octanol–water partition coefficient (Wildman–Crippen LogP) is 4.34. The van der Waals surface area contributed by atoms with E-state index in [1.165, 1.54) is 18.2 Å². The van der Waals surface area contributed by atoms with Crippen LogP contribution in [-0.2, 0) is 10.0 Å². The van der Waals surface area contributed by atoms with Crippen molar-refractivity contribution in [2.75, 3.05) is 16.6 Å². The summed E-state index contributed by atoms with van der Waals surface area (Å²) in [6.07, 6.45) is 1.63. The van der Waals surface area contributed by atoms with Crippen LogP contribution >= 0.6 is 23.2 Å². The minimum atomic E-state index is -4.02. The molecule has 134 valence electrons. The SMILES string of the molecule is C=CCNc1nc2ccccc2nc1NS(=O)(=O)c1cc(Cl)ccc1Cl. The standard InChI is InChI=1S/C17H14Cl2N4O2S/c1-2-9-20-16-17(22-14-6-4-3-5-13(14)21-16)23-26(24,25)15-10-11(18)7-8-12(15)19/h2-8,10H,1,9H2,(H,20,21)(H,22,23). The summed E-state index contributed by atoms with van der Waals surface area (Å²) < 4.78 is 28.0. The van der Waals surface area contributed by atoms with Crippen molar-refractivity contribution >= 4 is 55.9 Å². The largest absolute Gasteiger partial charge is 0.363 e. The van der Waals surface area contributed by atoms with Gasteiger partial charge in [-0.15, -0.1) is 6.58 Å². The highest BCUT2D eigenvalue weighted by Crippen LogP contribution is 2.29. The van der Waals surface area contributed by atoms with Gasteiger partial charge in [0, 0.05) is 11.6 Å². The van der Waals surface area contributed by atoms with Crippen LogP contribution in [0.4, 0.5) is 11.6 Å². The second-order valence-corrected chi connectivity index (χ2v) is 7.75. The molecule has 0 aliphatic rings. The van der Waals surface area contributed by atoms with Crippen molar-refractivity contribution in [2.24, 2.45) is 0 Å². The van der Waals surface area contributed by atoms with Crippen LogP contribution in [0.1, 0.15) is 0 Å². The van der Waals surface area contributed by atoms with Gasteiger partial charge in [-0.3, -0.25) is 4.72 Å². The van der Waals surface area contributed by atoms with Gasteiger partial charge in [0.15, 0.2) is 11.6 Å². The Morgan fingerprint density at radius 2 is 1.69 bits per heavy atom. The van der Waals surface area contributed by atoms with Gasteiger partial charge in [0.05, 0.1) is 16.1 Å². The molecule has 2 N–H and O–H groups in total. The van der Waals surface area contributed by atoms with Gasteiger partial charge in [-0.05, 0) is 30.3 Å². The van der Waals surface area contributed by atoms with Crippen molar-refractivity contribution < 1.29 is 8.42 Å². The van der Waals surface area contributed by atoms with Gasteiger partial charge < -0.3 is 5.32 Å². The number of aromatic nitrogens is 2. The monoisotopic (exact) mass is 408 g/mol. The smallest absolute Gasteiger partial charge is 0.264 e. The number of fused-ring (bicyclic) bond motifs is 1. The molecule has 0 aliphatic carbocycles. The molecule has 6 nitrogen and oxygen atoms in total. The Hall–Kier alpha value is -2.35. The van der Waals surface area contributed by atoms with Crippen LogP contribution in [0.25, 0.3) is 11.0 Å². The summed E-state index contributed by atoms with van der Waals surface area (Å²) >= 11 is 11.9. The zero-order chi connectivity index (χ0) is 18.7. The van der Waals surface area contributed by atoms with Gasteiger partial charge >= 0.3 is 0 Å². The summed E-state index contributed by atoms with van der Waals surface area (Å²) in [6, 6.07) is 11.3. The zero-order valence-electron chi connectivity index (χ0n) is 13.4. The number of anilines is 2. The van der Waals surface area contributed by atoms with E-state index in [-0.39, 0.29) is 26.6 Å². The van der Waals surface area contributed by atoms with Crippen molar-refractivity contribution in [3.05, 3.63) is 65.2 Å². The molecule has 2 aromatic carbocycles. The molecular formula is C17H14Cl2N4O2S. The second kappa shape index (κ2) is 7.49. The molecule has 9 heteroatoms. The molecule has 1 aromatic heterocycles. The first-order valence-electron chi connectivity index (χ1n) is 7.50. The van der Waals surface area contributed by atoms with E-state index >= 15 is 0 Å². The third-order valence-corrected chi connectivity index (χ3v) is 5.45. The average molecular weight is 409 g/mol. The third kappa shape index (κ3) is 3.90. The molecule has 26 heavy (non-hydrogen) atoms. The van der Waals surface area contributed by atoms with Gasteiger partial charge in [0.1, 0.15) is 4.90 Å². The number of nitrogens with one attached hydrogen (secondary N) is 2. The van der Waals surface area contributed by atoms with Crippen LogP contribution in [0.15, 0.2) is 60.0 Å². The Kier molecular flexibility index (Phi) is 5.31. The summed E-state index contributed by atoms with van der Waals surface area (Å²) in [4.78, 5) is 8.65. The number of hydrogen-bond acceptors (Lipinski definition) is 5. The Morgan fingerprint density at radius 1 is 1.04 bits per heavy atom. The van der Waals surface area contributed by atoms with Crippen molar-refractivity contribution in [3.8, 4) is 0 Å². The first-order chi connectivity index (χ1) is 12.4. The Balaban J connectivity index is 2.08. The molecule has 3 aromatic rings. The van der Waals surface area contributed by atoms with Crippen LogP contribution in [0, 0.1) is 0 Å². The minimum absolute atomic E-state index is 0.0521. The minimum Gasteiger partial charge on any atom is -0.363 e. The average Bonchev–Trinajstić information content (AvgIpc) is 2.61. The van der Waals surface area contributed by atoms with Crippen molar-refractivity contribution in [2.45, 2.75) is 4.90 Å². The predicted molar refractivity (Wildman–Crippen MR) is 105 cm³/mol. The fourth-order valence-corrected chi connectivity index (χ4v) is 4.00. The molecule has 0 radical (unpaired) electrons. The van der Waals surface area contributed by atoms with Gasteiger partial charge in [0.25, 0.3) is 10.0 Å². The topological polar surface area (TPSA) is 84.0 Å². The van der Waals surface area contributed by atoms with E-state index in [1.807, 2.05) is 6.07 Å². The van der Waals surface area contributed by atoms with E-state index in [0.717, 1.165) is 0 Å². The van der Waals surface area contributed by atoms with Crippen LogP contribution < -0.4 is 10.0 Å². The highest BCUT2D eigenvalue weighted by Gasteiger charge is 2.21. The number of halogens is 2. The van der Waals surface area contributed by atoms with E-state index in [1.54, 1.807) is 24.3 Å². The van der Waals surface area contributed by atoms with Gasteiger partial charge in [-0.2, -0.15) is 0 Å². The number of benzene rings is 2. The molecule has 1 heterocycles. The maximum absolute atomic E-state index is 12.8. The summed E-state index contributed by atoms with van der Waals surface area (Å²) in [7, 11) is -4.02. The van der Waals surface area contributed by atoms with Crippen molar-refractivity contribution in [3.63, 3.8) is 0 Å². The number of nitrogens with zero attached hydrogens (tertiary/aromatic N) is 2. The lowest BCUT2D eigenvalue weighted by Gasteiger charge is -2.13. The highest BCUT2D eigenvalue weighted by atomic mass is 35.5. The Morgan fingerprint density at radius 3 is 2.35 bits per heavy atom. The molecule has 0 spiro atoms. The van der Waals surface area contributed by atoms with E-state index in [4.69, 9.17) is 23.2 Å². The molecule has 0 unspecified atom stereocenters. The van der Waals surface area contributed by atoms with E-state index in [9.17, 15) is 8.42 Å². The first-order valence-corrected chi connectivity index (χ1v) is 9.74. The van der Waals surface area contributed by atoms with Gasteiger partial charge in [0.2, 0.25) is 0 Å². The maximum Gasteiger partial charge on any atom is 0.264 e. The second-order valence-electron chi connectivity index (χ2n) is 5.26. The van der Waals surface area contributed by atoms with Gasteiger partial charge in [-0.1, -0.05) is 41.4 Å². The quantitative estimate of drug-likeness (QED) is 0.592. The van der Waals surface area contributed by atoms with Crippen molar-refractivity contribution in [1.29, 1.82) is 0 Å². The molecule has 0 fully saturated rings. The zero-order valence-corrected chi connectivity index (χ0v) is 15.7. The van der Waals surface area contributed by atoms with Crippen LogP contribution in [0.3, 0.4) is 0 Å². The van der Waals surface area contributed by atoms with E-state index in [2.05, 4.69) is 26.6 Å². The normalized spacial score (nSPS) is 11.3.